The van der Waals surface area contributed by atoms with E-state index in [2.05, 4.69) is 33.2 Å². The fraction of sp³-hybridized carbons (Fsp3) is 0.476. The summed E-state index contributed by atoms with van der Waals surface area (Å²) in [5.41, 5.74) is 2.58. The Balaban J connectivity index is 1.67. The standard InChI is InChI=1S/C21H27N5O/c1-15(27)23-21-20(10-9-19(24-21)18-8-3-4-12-22-18)26-13-11-16-6-5-7-17(14-26)25(16)2/h3-4,8-10,12,16-17H,5-7,11,13-14H2,1-2H3,(H,23,24,27). The van der Waals surface area contributed by atoms with Gasteiger partial charge in [0.25, 0.3) is 0 Å². The van der Waals surface area contributed by atoms with Crippen molar-refractivity contribution >= 4 is 17.4 Å². The molecule has 6 heteroatoms. The second kappa shape index (κ2) is 7.64. The van der Waals surface area contributed by atoms with Gasteiger partial charge in [0.05, 0.1) is 17.1 Å². The van der Waals surface area contributed by atoms with Gasteiger partial charge >= 0.3 is 0 Å². The molecule has 0 saturated carbocycles. The monoisotopic (exact) mass is 365 g/mol. The highest BCUT2D eigenvalue weighted by Crippen LogP contribution is 2.33. The number of fused-ring (bicyclic) bond motifs is 2. The fourth-order valence-corrected chi connectivity index (χ4v) is 4.35. The van der Waals surface area contributed by atoms with Crippen LogP contribution in [0.25, 0.3) is 11.4 Å². The Hall–Kier alpha value is -2.47. The zero-order chi connectivity index (χ0) is 18.8. The van der Waals surface area contributed by atoms with Crippen LogP contribution in [0.3, 0.4) is 0 Å². The van der Waals surface area contributed by atoms with Gasteiger partial charge < -0.3 is 10.2 Å². The molecule has 2 aliphatic heterocycles. The summed E-state index contributed by atoms with van der Waals surface area (Å²) >= 11 is 0. The number of carbonyl (C=O) groups is 1. The van der Waals surface area contributed by atoms with E-state index < -0.39 is 0 Å². The van der Waals surface area contributed by atoms with Gasteiger partial charge in [0.1, 0.15) is 0 Å². The van der Waals surface area contributed by atoms with Crippen molar-refractivity contribution in [3.8, 4) is 11.4 Å². The number of piperidine rings is 1. The average molecular weight is 365 g/mol. The van der Waals surface area contributed by atoms with E-state index in [0.717, 1.165) is 36.6 Å². The van der Waals surface area contributed by atoms with Crippen LogP contribution in [0.4, 0.5) is 11.5 Å². The van der Waals surface area contributed by atoms with Gasteiger partial charge in [0, 0.05) is 38.3 Å². The Kier molecular flexibility index (Phi) is 5.07. The highest BCUT2D eigenvalue weighted by Gasteiger charge is 2.33. The van der Waals surface area contributed by atoms with E-state index in [9.17, 15) is 4.79 Å². The second-order valence-electron chi connectivity index (χ2n) is 7.60. The summed E-state index contributed by atoms with van der Waals surface area (Å²) in [6, 6.07) is 11.1. The smallest absolute Gasteiger partial charge is 0.222 e. The van der Waals surface area contributed by atoms with Crippen LogP contribution in [0.5, 0.6) is 0 Å². The average Bonchev–Trinajstić information content (AvgIpc) is 2.76. The number of pyridine rings is 2. The molecule has 142 valence electrons. The first-order chi connectivity index (χ1) is 13.1. The minimum Gasteiger partial charge on any atom is -0.367 e. The lowest BCUT2D eigenvalue weighted by Crippen LogP contribution is -2.45. The lowest BCUT2D eigenvalue weighted by atomic mass is 9.96. The van der Waals surface area contributed by atoms with E-state index in [-0.39, 0.29) is 5.91 Å². The van der Waals surface area contributed by atoms with Crippen molar-refractivity contribution in [1.82, 2.24) is 14.9 Å². The SMILES string of the molecule is CC(=O)Nc1nc(-c2ccccn2)ccc1N1CCC2CCCC(C1)N2C. The lowest BCUT2D eigenvalue weighted by Gasteiger charge is -2.38. The first kappa shape index (κ1) is 17.9. The number of amides is 1. The summed E-state index contributed by atoms with van der Waals surface area (Å²) in [5.74, 6) is 0.525. The van der Waals surface area contributed by atoms with E-state index >= 15 is 0 Å². The van der Waals surface area contributed by atoms with Crippen LogP contribution in [0.1, 0.15) is 32.6 Å². The molecular weight excluding hydrogens is 338 g/mol. The third kappa shape index (κ3) is 3.81. The molecule has 0 aromatic carbocycles. The van der Waals surface area contributed by atoms with Crippen molar-refractivity contribution in [3.05, 3.63) is 36.5 Å². The van der Waals surface area contributed by atoms with Crippen LogP contribution in [0, 0.1) is 0 Å². The molecule has 4 rings (SSSR count). The van der Waals surface area contributed by atoms with Crippen molar-refractivity contribution in [2.75, 3.05) is 30.4 Å². The van der Waals surface area contributed by atoms with Gasteiger partial charge in [-0.2, -0.15) is 0 Å². The Morgan fingerprint density at radius 2 is 1.96 bits per heavy atom. The van der Waals surface area contributed by atoms with E-state index in [0.29, 0.717) is 17.9 Å². The van der Waals surface area contributed by atoms with Gasteiger partial charge in [0.15, 0.2) is 5.82 Å². The summed E-state index contributed by atoms with van der Waals surface area (Å²) in [7, 11) is 2.26. The van der Waals surface area contributed by atoms with Crippen molar-refractivity contribution < 1.29 is 4.79 Å². The maximum absolute atomic E-state index is 11.8. The molecular formula is C21H27N5O. The predicted molar refractivity (Wildman–Crippen MR) is 108 cm³/mol. The summed E-state index contributed by atoms with van der Waals surface area (Å²) in [4.78, 5) is 25.9. The summed E-state index contributed by atoms with van der Waals surface area (Å²) in [6.07, 6.45) is 6.74. The molecule has 0 spiro atoms. The number of likely N-dealkylation sites (N-methyl/N-ethyl adjacent to an activating group) is 1. The van der Waals surface area contributed by atoms with Crippen LogP contribution in [0.2, 0.25) is 0 Å². The minimum atomic E-state index is -0.104. The maximum Gasteiger partial charge on any atom is 0.222 e. The summed E-state index contributed by atoms with van der Waals surface area (Å²) in [6.45, 7) is 3.50. The Morgan fingerprint density at radius 3 is 2.74 bits per heavy atom. The van der Waals surface area contributed by atoms with Crippen LogP contribution in [-0.2, 0) is 4.79 Å². The lowest BCUT2D eigenvalue weighted by molar-refractivity contribution is -0.114. The number of hydrogen-bond acceptors (Lipinski definition) is 5. The summed E-state index contributed by atoms with van der Waals surface area (Å²) < 4.78 is 0. The molecule has 0 aliphatic carbocycles. The Bertz CT molecular complexity index is 809. The van der Waals surface area contributed by atoms with Crippen molar-refractivity contribution in [2.45, 2.75) is 44.7 Å². The van der Waals surface area contributed by atoms with Crippen LogP contribution in [-0.4, -0.2) is 53.0 Å². The third-order valence-corrected chi connectivity index (χ3v) is 5.83. The number of nitrogens with zero attached hydrogens (tertiary/aromatic N) is 4. The Morgan fingerprint density at radius 1 is 1.11 bits per heavy atom. The van der Waals surface area contributed by atoms with Gasteiger partial charge in [-0.25, -0.2) is 4.98 Å². The van der Waals surface area contributed by atoms with Gasteiger partial charge in [-0.1, -0.05) is 12.5 Å². The molecule has 2 atom stereocenters. The van der Waals surface area contributed by atoms with E-state index in [1.54, 1.807) is 6.20 Å². The molecule has 2 aliphatic rings. The molecule has 2 bridgehead atoms. The quantitative estimate of drug-likeness (QED) is 0.905. The first-order valence-electron chi connectivity index (χ1n) is 9.79. The molecule has 2 unspecified atom stereocenters. The molecule has 2 aromatic heterocycles. The summed E-state index contributed by atoms with van der Waals surface area (Å²) in [5, 5.41) is 2.94. The molecule has 2 fully saturated rings. The second-order valence-corrected chi connectivity index (χ2v) is 7.60. The number of aromatic nitrogens is 2. The van der Waals surface area contributed by atoms with Gasteiger partial charge in [-0.15, -0.1) is 0 Å². The van der Waals surface area contributed by atoms with Gasteiger partial charge in [0.2, 0.25) is 5.91 Å². The maximum atomic E-state index is 11.8. The predicted octanol–water partition coefficient (Wildman–Crippen LogP) is 3.17. The number of carbonyl (C=O) groups excluding carboxylic acids is 1. The number of hydrogen-bond donors (Lipinski definition) is 1. The number of nitrogens with one attached hydrogen (secondary N) is 1. The zero-order valence-electron chi connectivity index (χ0n) is 16.1. The molecule has 2 saturated heterocycles. The number of anilines is 2. The normalized spacial score (nSPS) is 23.0. The Labute approximate surface area is 160 Å². The van der Waals surface area contributed by atoms with Crippen molar-refractivity contribution in [2.24, 2.45) is 0 Å². The molecule has 4 heterocycles. The van der Waals surface area contributed by atoms with Gasteiger partial charge in [-0.05, 0) is 50.6 Å². The van der Waals surface area contributed by atoms with Gasteiger partial charge in [-0.3, -0.25) is 14.7 Å². The topological polar surface area (TPSA) is 61.4 Å². The zero-order valence-corrected chi connectivity index (χ0v) is 16.1. The molecule has 0 radical (unpaired) electrons. The van der Waals surface area contributed by atoms with E-state index in [1.807, 2.05) is 24.3 Å². The van der Waals surface area contributed by atoms with E-state index in [1.165, 1.54) is 26.2 Å². The van der Waals surface area contributed by atoms with Crippen LogP contribution in [0.15, 0.2) is 36.5 Å². The highest BCUT2D eigenvalue weighted by molar-refractivity contribution is 5.91. The third-order valence-electron chi connectivity index (χ3n) is 5.83. The highest BCUT2D eigenvalue weighted by atomic mass is 16.1. The molecule has 6 nitrogen and oxygen atoms in total. The van der Waals surface area contributed by atoms with Crippen molar-refractivity contribution in [3.63, 3.8) is 0 Å². The first-order valence-corrected chi connectivity index (χ1v) is 9.79. The molecule has 1 N–H and O–H groups in total. The van der Waals surface area contributed by atoms with Crippen LogP contribution < -0.4 is 10.2 Å². The largest absolute Gasteiger partial charge is 0.367 e. The number of rotatable bonds is 3. The fourth-order valence-electron chi connectivity index (χ4n) is 4.35. The van der Waals surface area contributed by atoms with Crippen molar-refractivity contribution in [1.29, 1.82) is 0 Å². The molecule has 27 heavy (non-hydrogen) atoms. The van der Waals surface area contributed by atoms with E-state index in [4.69, 9.17) is 4.98 Å². The molecule has 2 aromatic rings. The van der Waals surface area contributed by atoms with Crippen LogP contribution >= 0.6 is 0 Å². The molecule has 1 amide bonds. The minimum absolute atomic E-state index is 0.104.